The van der Waals surface area contributed by atoms with E-state index >= 15 is 0 Å². The SMILES string of the molecule is CC1(C)[C@]2(C)CC[C@]1(C(=O)NC(c1ccccc1)c1ccccc1)OC2=O. The van der Waals surface area contributed by atoms with Crippen LogP contribution in [0.25, 0.3) is 0 Å². The number of hydrogen-bond acceptors (Lipinski definition) is 3. The van der Waals surface area contributed by atoms with Crippen LogP contribution in [-0.2, 0) is 14.3 Å². The van der Waals surface area contributed by atoms with Gasteiger partial charge in [0.1, 0.15) is 0 Å². The molecule has 0 unspecified atom stereocenters. The second-order valence-corrected chi connectivity index (χ2v) is 8.40. The maximum absolute atomic E-state index is 13.5. The molecule has 1 aliphatic heterocycles. The van der Waals surface area contributed by atoms with E-state index in [1.807, 2.05) is 81.4 Å². The van der Waals surface area contributed by atoms with Gasteiger partial charge in [0.15, 0.2) is 5.60 Å². The highest BCUT2D eigenvalue weighted by Crippen LogP contribution is 2.65. The van der Waals surface area contributed by atoms with Crippen molar-refractivity contribution >= 4 is 11.9 Å². The Hall–Kier alpha value is -2.62. The van der Waals surface area contributed by atoms with Crippen LogP contribution in [0, 0.1) is 10.8 Å². The van der Waals surface area contributed by atoms with Gasteiger partial charge in [-0.2, -0.15) is 0 Å². The number of carbonyl (C=O) groups excluding carboxylic acids is 2. The summed E-state index contributed by atoms with van der Waals surface area (Å²) in [5, 5.41) is 3.19. The number of carbonyl (C=O) groups is 2. The summed E-state index contributed by atoms with van der Waals surface area (Å²) < 4.78 is 5.75. The number of hydrogen-bond donors (Lipinski definition) is 1. The van der Waals surface area contributed by atoms with E-state index in [0.29, 0.717) is 12.8 Å². The molecule has 27 heavy (non-hydrogen) atoms. The third-order valence-corrected chi connectivity index (χ3v) is 6.99. The lowest BCUT2D eigenvalue weighted by atomic mass is 9.66. The van der Waals surface area contributed by atoms with Crippen LogP contribution >= 0.6 is 0 Å². The van der Waals surface area contributed by atoms with E-state index in [-0.39, 0.29) is 17.9 Å². The second kappa shape index (κ2) is 5.95. The maximum atomic E-state index is 13.5. The highest BCUT2D eigenvalue weighted by molar-refractivity contribution is 5.96. The van der Waals surface area contributed by atoms with E-state index in [1.165, 1.54) is 0 Å². The van der Waals surface area contributed by atoms with Crippen LogP contribution in [0.2, 0.25) is 0 Å². The van der Waals surface area contributed by atoms with Crippen LogP contribution < -0.4 is 5.32 Å². The van der Waals surface area contributed by atoms with Crippen LogP contribution in [0.15, 0.2) is 60.7 Å². The number of fused-ring (bicyclic) bond motifs is 2. The molecule has 1 heterocycles. The molecule has 4 nitrogen and oxygen atoms in total. The van der Waals surface area contributed by atoms with E-state index in [4.69, 9.17) is 4.74 Å². The Kier molecular flexibility index (Phi) is 3.91. The minimum atomic E-state index is -1.11. The molecule has 2 aromatic carbocycles. The molecule has 140 valence electrons. The van der Waals surface area contributed by atoms with E-state index < -0.39 is 16.4 Å². The Morgan fingerprint density at radius 3 is 1.85 bits per heavy atom. The monoisotopic (exact) mass is 363 g/mol. The third-order valence-electron chi connectivity index (χ3n) is 6.99. The Morgan fingerprint density at radius 2 is 1.44 bits per heavy atom. The smallest absolute Gasteiger partial charge is 0.313 e. The Labute approximate surface area is 159 Å². The van der Waals surface area contributed by atoms with Gasteiger partial charge in [-0.05, 0) is 30.9 Å². The highest BCUT2D eigenvalue weighted by atomic mass is 16.6. The lowest BCUT2D eigenvalue weighted by Gasteiger charge is -2.36. The zero-order valence-corrected chi connectivity index (χ0v) is 16.0. The van der Waals surface area contributed by atoms with Crippen molar-refractivity contribution in [2.45, 2.75) is 45.3 Å². The van der Waals surface area contributed by atoms with Gasteiger partial charge in [-0.15, -0.1) is 0 Å². The van der Waals surface area contributed by atoms with Crippen molar-refractivity contribution in [3.05, 3.63) is 71.8 Å². The number of nitrogens with one attached hydrogen (secondary N) is 1. The standard InChI is InChI=1S/C23H25NO3/c1-21(2)22(3)14-15-23(21,27-20(22)26)19(25)24-18(16-10-6-4-7-11-16)17-12-8-5-9-13-17/h4-13,18H,14-15H2,1-3H3,(H,24,25)/t22-,23-/m1/s1. The Morgan fingerprint density at radius 1 is 0.926 bits per heavy atom. The van der Waals surface area contributed by atoms with Crippen molar-refractivity contribution < 1.29 is 14.3 Å². The van der Waals surface area contributed by atoms with Crippen molar-refractivity contribution in [2.24, 2.45) is 10.8 Å². The average molecular weight is 363 g/mol. The fourth-order valence-corrected chi connectivity index (χ4v) is 4.64. The van der Waals surface area contributed by atoms with Crippen LogP contribution in [0.3, 0.4) is 0 Å². The van der Waals surface area contributed by atoms with Crippen LogP contribution in [0.5, 0.6) is 0 Å². The number of rotatable bonds is 4. The molecule has 0 aromatic heterocycles. The molecule has 2 fully saturated rings. The lowest BCUT2D eigenvalue weighted by Crippen LogP contribution is -2.54. The molecule has 1 saturated carbocycles. The van der Waals surface area contributed by atoms with Crippen LogP contribution in [0.1, 0.15) is 50.8 Å². The quantitative estimate of drug-likeness (QED) is 0.835. The fourth-order valence-electron chi connectivity index (χ4n) is 4.64. The van der Waals surface area contributed by atoms with E-state index in [2.05, 4.69) is 5.32 Å². The molecule has 2 aliphatic rings. The molecule has 2 atom stereocenters. The highest BCUT2D eigenvalue weighted by Gasteiger charge is 2.75. The van der Waals surface area contributed by atoms with Crippen LogP contribution in [0.4, 0.5) is 0 Å². The summed E-state index contributed by atoms with van der Waals surface area (Å²) in [5.74, 6) is -0.468. The second-order valence-electron chi connectivity index (χ2n) is 8.40. The van der Waals surface area contributed by atoms with Gasteiger partial charge >= 0.3 is 5.97 Å². The first-order valence-electron chi connectivity index (χ1n) is 9.46. The molecule has 1 N–H and O–H groups in total. The van der Waals surface area contributed by atoms with Gasteiger partial charge in [0, 0.05) is 5.41 Å². The van der Waals surface area contributed by atoms with Crippen molar-refractivity contribution in [2.75, 3.05) is 0 Å². The van der Waals surface area contributed by atoms with E-state index in [9.17, 15) is 9.59 Å². The predicted molar refractivity (Wildman–Crippen MR) is 103 cm³/mol. The van der Waals surface area contributed by atoms with E-state index in [1.54, 1.807) is 0 Å². The molecule has 1 aliphatic carbocycles. The lowest BCUT2D eigenvalue weighted by molar-refractivity contribution is -0.168. The van der Waals surface area contributed by atoms with Crippen molar-refractivity contribution in [3.8, 4) is 0 Å². The predicted octanol–water partition coefficient (Wildman–Crippen LogP) is 4.01. The van der Waals surface area contributed by atoms with Crippen LogP contribution in [-0.4, -0.2) is 17.5 Å². The van der Waals surface area contributed by atoms with E-state index in [0.717, 1.165) is 11.1 Å². The third kappa shape index (κ3) is 2.35. The number of ether oxygens (including phenoxy) is 1. The van der Waals surface area contributed by atoms with Gasteiger partial charge in [-0.1, -0.05) is 74.5 Å². The summed E-state index contributed by atoms with van der Waals surface area (Å²) in [6.45, 7) is 5.87. The number of benzene rings is 2. The van der Waals surface area contributed by atoms with Crippen molar-refractivity contribution in [3.63, 3.8) is 0 Å². The molecule has 1 amide bonds. The molecular formula is C23H25NO3. The Bertz CT molecular complexity index is 838. The Balaban J connectivity index is 1.71. The number of amides is 1. The van der Waals surface area contributed by atoms with Gasteiger partial charge in [0.25, 0.3) is 5.91 Å². The topological polar surface area (TPSA) is 55.4 Å². The van der Waals surface area contributed by atoms with Gasteiger partial charge < -0.3 is 10.1 Å². The van der Waals surface area contributed by atoms with Gasteiger partial charge in [0.2, 0.25) is 0 Å². The zero-order valence-electron chi connectivity index (χ0n) is 16.0. The molecule has 4 rings (SSSR count). The summed E-state index contributed by atoms with van der Waals surface area (Å²) in [5.41, 5.74) is -0.285. The average Bonchev–Trinajstić information content (AvgIpc) is 2.97. The molecule has 1 saturated heterocycles. The summed E-state index contributed by atoms with van der Waals surface area (Å²) in [7, 11) is 0. The molecule has 2 bridgehead atoms. The summed E-state index contributed by atoms with van der Waals surface area (Å²) in [6.07, 6.45) is 1.23. The van der Waals surface area contributed by atoms with Crippen molar-refractivity contribution in [1.29, 1.82) is 0 Å². The van der Waals surface area contributed by atoms with Gasteiger partial charge in [0.05, 0.1) is 11.5 Å². The van der Waals surface area contributed by atoms with Crippen molar-refractivity contribution in [1.82, 2.24) is 5.32 Å². The molecule has 2 aromatic rings. The molecule has 0 radical (unpaired) electrons. The minimum absolute atomic E-state index is 0.209. The first-order valence-corrected chi connectivity index (χ1v) is 9.46. The molecule has 4 heteroatoms. The summed E-state index contributed by atoms with van der Waals surface area (Å²) >= 11 is 0. The van der Waals surface area contributed by atoms with Gasteiger partial charge in [-0.3, -0.25) is 9.59 Å². The summed E-state index contributed by atoms with van der Waals surface area (Å²) in [4.78, 5) is 26.0. The fraction of sp³-hybridized carbons (Fsp3) is 0.391. The number of esters is 1. The molecular weight excluding hydrogens is 338 g/mol. The first kappa shape index (κ1) is 17.8. The minimum Gasteiger partial charge on any atom is -0.448 e. The largest absolute Gasteiger partial charge is 0.448 e. The van der Waals surface area contributed by atoms with Gasteiger partial charge in [-0.25, -0.2) is 0 Å². The molecule has 0 spiro atoms. The first-order chi connectivity index (χ1) is 12.8. The zero-order chi connectivity index (χ0) is 19.3. The normalized spacial score (nSPS) is 28.2. The summed E-state index contributed by atoms with van der Waals surface area (Å²) in [6, 6.07) is 19.5. The maximum Gasteiger partial charge on any atom is 0.313 e.